The largest absolute Gasteiger partial charge is 0.295 e. The highest BCUT2D eigenvalue weighted by molar-refractivity contribution is 8.26. The molecule has 5 nitrogen and oxygen atoms in total. The van der Waals surface area contributed by atoms with E-state index >= 15 is 0 Å². The third kappa shape index (κ3) is 2.93. The van der Waals surface area contributed by atoms with Gasteiger partial charge in [0.25, 0.3) is 16.0 Å². The van der Waals surface area contributed by atoms with E-state index in [1.165, 1.54) is 29.2 Å². The van der Waals surface area contributed by atoms with E-state index in [0.29, 0.717) is 15.8 Å². The Hall–Kier alpha value is -1.22. The summed E-state index contributed by atoms with van der Waals surface area (Å²) >= 11 is 6.19. The highest BCUT2D eigenvalue weighted by Gasteiger charge is 2.31. The lowest BCUT2D eigenvalue weighted by Gasteiger charge is -2.09. The maximum Gasteiger partial charge on any atom is 0.295 e. The van der Waals surface area contributed by atoms with Crippen LogP contribution in [0.25, 0.3) is 6.08 Å². The maximum atomic E-state index is 12.0. The van der Waals surface area contributed by atoms with Crippen LogP contribution in [0.2, 0.25) is 0 Å². The second-order valence-electron chi connectivity index (χ2n) is 3.94. The van der Waals surface area contributed by atoms with Crippen molar-refractivity contribution in [2.75, 3.05) is 6.54 Å². The molecule has 1 aromatic rings. The van der Waals surface area contributed by atoms with Gasteiger partial charge in [0.15, 0.2) is 0 Å². The van der Waals surface area contributed by atoms with Gasteiger partial charge in [0.1, 0.15) is 9.22 Å². The molecule has 1 aliphatic rings. The molecular formula is C12H11NO4S3. The number of hydrogen-bond donors (Lipinski definition) is 1. The lowest BCUT2D eigenvalue weighted by molar-refractivity contribution is -0.121. The summed E-state index contributed by atoms with van der Waals surface area (Å²) < 4.78 is 32.2. The van der Waals surface area contributed by atoms with Gasteiger partial charge in [0.05, 0.1) is 4.91 Å². The Morgan fingerprint density at radius 2 is 2.05 bits per heavy atom. The summed E-state index contributed by atoms with van der Waals surface area (Å²) in [6.07, 6.45) is 1.43. The van der Waals surface area contributed by atoms with Crippen LogP contribution in [0.5, 0.6) is 0 Å². The quantitative estimate of drug-likeness (QED) is 0.520. The Bertz CT molecular complexity index is 709. The fourth-order valence-electron chi connectivity index (χ4n) is 1.75. The number of likely N-dealkylation sites (N-methyl/N-ethyl adjacent to an activating group) is 1. The van der Waals surface area contributed by atoms with E-state index in [1.54, 1.807) is 13.0 Å². The monoisotopic (exact) mass is 329 g/mol. The van der Waals surface area contributed by atoms with Crippen LogP contribution in [0.4, 0.5) is 0 Å². The fraction of sp³-hybridized carbons (Fsp3) is 0.167. The first kappa shape index (κ1) is 15.2. The second kappa shape index (κ2) is 5.65. The van der Waals surface area contributed by atoms with Crippen molar-refractivity contribution in [2.45, 2.75) is 11.8 Å². The Kier molecular flexibility index (Phi) is 4.28. The van der Waals surface area contributed by atoms with Gasteiger partial charge < -0.3 is 0 Å². The van der Waals surface area contributed by atoms with E-state index in [2.05, 4.69) is 0 Å². The summed E-state index contributed by atoms with van der Waals surface area (Å²) in [7, 11) is -4.34. The number of thioether (sulfide) groups is 1. The SMILES string of the molecule is CCN1C(=O)C(=Cc2ccccc2S(=O)(=O)O)SC1=S. The number of thiocarbonyl (C=S) groups is 1. The molecule has 1 amide bonds. The van der Waals surface area contributed by atoms with Crippen LogP contribution in [-0.4, -0.2) is 34.6 Å². The van der Waals surface area contributed by atoms with E-state index < -0.39 is 10.1 Å². The minimum atomic E-state index is -4.34. The van der Waals surface area contributed by atoms with Gasteiger partial charge in [-0.05, 0) is 24.6 Å². The smallest absolute Gasteiger partial charge is 0.293 e. The van der Waals surface area contributed by atoms with Crippen LogP contribution in [0.3, 0.4) is 0 Å². The summed E-state index contributed by atoms with van der Waals surface area (Å²) in [6.45, 7) is 2.27. The van der Waals surface area contributed by atoms with E-state index in [1.807, 2.05) is 0 Å². The Morgan fingerprint density at radius 3 is 2.60 bits per heavy atom. The third-order valence-electron chi connectivity index (χ3n) is 2.67. The Balaban J connectivity index is 2.48. The molecule has 1 heterocycles. The van der Waals surface area contributed by atoms with Crippen molar-refractivity contribution < 1.29 is 17.8 Å². The summed E-state index contributed by atoms with van der Waals surface area (Å²) in [4.78, 5) is 13.6. The standard InChI is InChI=1S/C12H11NO4S3/c1-2-13-11(14)9(19-12(13)18)7-8-5-3-4-6-10(8)20(15,16)17/h3-7H,2H2,1H3,(H,15,16,17). The first-order valence-corrected chi connectivity index (χ1v) is 8.33. The van der Waals surface area contributed by atoms with Crippen molar-refractivity contribution in [3.8, 4) is 0 Å². The molecule has 1 fully saturated rings. The number of nitrogens with zero attached hydrogens (tertiary/aromatic N) is 1. The lowest BCUT2D eigenvalue weighted by Crippen LogP contribution is -2.27. The van der Waals surface area contributed by atoms with Crippen LogP contribution in [0.15, 0.2) is 34.1 Å². The van der Waals surface area contributed by atoms with Gasteiger partial charge >= 0.3 is 0 Å². The molecule has 2 rings (SSSR count). The summed E-state index contributed by atoms with van der Waals surface area (Å²) in [5.74, 6) is -0.257. The van der Waals surface area contributed by atoms with E-state index in [-0.39, 0.29) is 16.4 Å². The molecule has 0 aromatic heterocycles. The molecule has 0 bridgehead atoms. The number of hydrogen-bond acceptors (Lipinski definition) is 5. The van der Waals surface area contributed by atoms with Gasteiger partial charge in [-0.15, -0.1) is 0 Å². The first-order valence-electron chi connectivity index (χ1n) is 5.66. The van der Waals surface area contributed by atoms with Crippen molar-refractivity contribution in [3.63, 3.8) is 0 Å². The fourth-order valence-corrected chi connectivity index (χ4v) is 3.80. The molecular weight excluding hydrogens is 318 g/mol. The average molecular weight is 329 g/mol. The third-order valence-corrected chi connectivity index (χ3v) is 4.98. The van der Waals surface area contributed by atoms with Gasteiger partial charge in [-0.3, -0.25) is 14.2 Å². The van der Waals surface area contributed by atoms with Crippen LogP contribution in [-0.2, 0) is 14.9 Å². The van der Waals surface area contributed by atoms with Gasteiger partial charge in [0, 0.05) is 6.54 Å². The molecule has 0 unspecified atom stereocenters. The predicted octanol–water partition coefficient (Wildman–Crippen LogP) is 2.15. The highest BCUT2D eigenvalue weighted by Crippen LogP contribution is 2.33. The zero-order valence-corrected chi connectivity index (χ0v) is 12.9. The molecule has 0 aliphatic carbocycles. The van der Waals surface area contributed by atoms with Crippen LogP contribution < -0.4 is 0 Å². The molecule has 1 aromatic carbocycles. The molecule has 0 radical (unpaired) electrons. The lowest BCUT2D eigenvalue weighted by atomic mass is 10.2. The van der Waals surface area contributed by atoms with Crippen LogP contribution in [0.1, 0.15) is 12.5 Å². The Morgan fingerprint density at radius 1 is 1.40 bits per heavy atom. The van der Waals surface area contributed by atoms with E-state index in [9.17, 15) is 17.8 Å². The average Bonchev–Trinajstić information content (AvgIpc) is 2.63. The maximum absolute atomic E-state index is 12.0. The van der Waals surface area contributed by atoms with Crippen molar-refractivity contribution in [2.24, 2.45) is 0 Å². The minimum Gasteiger partial charge on any atom is -0.293 e. The molecule has 0 atom stereocenters. The van der Waals surface area contributed by atoms with Crippen molar-refractivity contribution >= 4 is 50.4 Å². The minimum absolute atomic E-state index is 0.234. The molecule has 1 N–H and O–H groups in total. The van der Waals surface area contributed by atoms with Crippen molar-refractivity contribution in [1.29, 1.82) is 0 Å². The summed E-state index contributed by atoms with van der Waals surface area (Å²) in [6, 6.07) is 5.92. The zero-order chi connectivity index (χ0) is 14.9. The molecule has 8 heteroatoms. The highest BCUT2D eigenvalue weighted by atomic mass is 32.2. The normalized spacial score (nSPS) is 18.1. The molecule has 106 valence electrons. The topological polar surface area (TPSA) is 74.7 Å². The van der Waals surface area contributed by atoms with Gasteiger partial charge in [-0.25, -0.2) is 0 Å². The van der Waals surface area contributed by atoms with Crippen molar-refractivity contribution in [1.82, 2.24) is 4.90 Å². The number of amides is 1. The van der Waals surface area contributed by atoms with Gasteiger partial charge in [-0.2, -0.15) is 8.42 Å². The first-order chi connectivity index (χ1) is 9.34. The number of carbonyl (C=O) groups excluding carboxylic acids is 1. The number of rotatable bonds is 3. The second-order valence-corrected chi connectivity index (χ2v) is 7.00. The summed E-state index contributed by atoms with van der Waals surface area (Å²) in [5, 5.41) is 0. The van der Waals surface area contributed by atoms with Gasteiger partial charge in [-0.1, -0.05) is 42.2 Å². The van der Waals surface area contributed by atoms with Crippen LogP contribution in [0, 0.1) is 0 Å². The van der Waals surface area contributed by atoms with Crippen molar-refractivity contribution in [3.05, 3.63) is 34.7 Å². The van der Waals surface area contributed by atoms with Gasteiger partial charge in [0.2, 0.25) is 0 Å². The number of carbonyl (C=O) groups is 1. The molecule has 0 spiro atoms. The molecule has 1 aliphatic heterocycles. The van der Waals surface area contributed by atoms with E-state index in [0.717, 1.165) is 11.8 Å². The van der Waals surface area contributed by atoms with Crippen LogP contribution >= 0.6 is 24.0 Å². The number of benzene rings is 1. The zero-order valence-electron chi connectivity index (χ0n) is 10.4. The summed E-state index contributed by atoms with van der Waals surface area (Å²) in [5.41, 5.74) is 0.256. The van der Waals surface area contributed by atoms with E-state index in [4.69, 9.17) is 12.2 Å². The Labute approximate surface area is 126 Å². The molecule has 20 heavy (non-hydrogen) atoms. The predicted molar refractivity (Wildman–Crippen MR) is 81.8 cm³/mol. The molecule has 1 saturated heterocycles. The molecule has 0 saturated carbocycles.